The SMILES string of the molecule is NCC1(CC(=O)N(CC2CC2)CC2CC2)CCCCC1. The molecule has 3 rings (SSSR count). The van der Waals surface area contributed by atoms with Gasteiger partial charge in [-0.25, -0.2) is 0 Å². The van der Waals surface area contributed by atoms with Crippen molar-refractivity contribution in [3.05, 3.63) is 0 Å². The summed E-state index contributed by atoms with van der Waals surface area (Å²) in [5, 5.41) is 0. The molecule has 114 valence electrons. The monoisotopic (exact) mass is 278 g/mol. The Morgan fingerprint density at radius 1 is 1.00 bits per heavy atom. The van der Waals surface area contributed by atoms with Crippen molar-refractivity contribution >= 4 is 5.91 Å². The van der Waals surface area contributed by atoms with Crippen LogP contribution in [0.3, 0.4) is 0 Å². The molecule has 0 aromatic carbocycles. The van der Waals surface area contributed by atoms with Crippen LogP contribution in [0.1, 0.15) is 64.2 Å². The van der Waals surface area contributed by atoms with E-state index in [-0.39, 0.29) is 5.41 Å². The Morgan fingerprint density at radius 2 is 1.55 bits per heavy atom. The van der Waals surface area contributed by atoms with Crippen molar-refractivity contribution < 1.29 is 4.79 Å². The average Bonchev–Trinajstić information content (AvgIpc) is 3.34. The molecule has 20 heavy (non-hydrogen) atoms. The van der Waals surface area contributed by atoms with Crippen LogP contribution in [-0.2, 0) is 4.79 Å². The Kier molecular flexibility index (Phi) is 4.34. The van der Waals surface area contributed by atoms with Gasteiger partial charge < -0.3 is 10.6 Å². The molecule has 0 bridgehead atoms. The highest BCUT2D eigenvalue weighted by Crippen LogP contribution is 2.40. The summed E-state index contributed by atoms with van der Waals surface area (Å²) in [6.07, 6.45) is 12.2. The van der Waals surface area contributed by atoms with Crippen molar-refractivity contribution in [3.8, 4) is 0 Å². The Morgan fingerprint density at radius 3 is 2.00 bits per heavy atom. The van der Waals surface area contributed by atoms with E-state index in [0.29, 0.717) is 18.9 Å². The van der Waals surface area contributed by atoms with Gasteiger partial charge >= 0.3 is 0 Å². The quantitative estimate of drug-likeness (QED) is 0.778. The molecule has 1 amide bonds. The molecule has 0 saturated heterocycles. The normalized spacial score (nSPS) is 25.4. The summed E-state index contributed by atoms with van der Waals surface area (Å²) in [5.74, 6) is 2.01. The lowest BCUT2D eigenvalue weighted by atomic mass is 9.71. The zero-order valence-corrected chi connectivity index (χ0v) is 12.8. The van der Waals surface area contributed by atoms with Crippen LogP contribution in [0.25, 0.3) is 0 Å². The number of carbonyl (C=O) groups excluding carboxylic acids is 1. The maximum Gasteiger partial charge on any atom is 0.223 e. The van der Waals surface area contributed by atoms with Gasteiger partial charge in [-0.15, -0.1) is 0 Å². The number of nitrogens with two attached hydrogens (primary N) is 1. The highest BCUT2D eigenvalue weighted by Gasteiger charge is 2.37. The molecule has 0 radical (unpaired) electrons. The molecular formula is C17H30N2O. The Hall–Kier alpha value is -0.570. The Balaban J connectivity index is 1.58. The van der Waals surface area contributed by atoms with Crippen molar-refractivity contribution in [2.75, 3.05) is 19.6 Å². The van der Waals surface area contributed by atoms with Crippen molar-refractivity contribution in [1.29, 1.82) is 0 Å². The van der Waals surface area contributed by atoms with Crippen LogP contribution in [0, 0.1) is 17.3 Å². The van der Waals surface area contributed by atoms with Crippen LogP contribution in [0.4, 0.5) is 0 Å². The van der Waals surface area contributed by atoms with Gasteiger partial charge in [0.05, 0.1) is 0 Å². The topological polar surface area (TPSA) is 46.3 Å². The first-order valence-corrected chi connectivity index (χ1v) is 8.69. The zero-order chi connectivity index (χ0) is 14.0. The van der Waals surface area contributed by atoms with E-state index in [4.69, 9.17) is 5.73 Å². The average molecular weight is 278 g/mol. The second-order valence-electron chi connectivity index (χ2n) is 7.63. The first-order chi connectivity index (χ1) is 9.71. The minimum absolute atomic E-state index is 0.126. The van der Waals surface area contributed by atoms with E-state index < -0.39 is 0 Å². The molecule has 3 aliphatic carbocycles. The van der Waals surface area contributed by atoms with Crippen LogP contribution in [-0.4, -0.2) is 30.4 Å². The van der Waals surface area contributed by atoms with E-state index in [1.165, 1.54) is 44.9 Å². The number of nitrogens with zero attached hydrogens (tertiary/aromatic N) is 1. The molecule has 0 spiro atoms. The van der Waals surface area contributed by atoms with Gasteiger partial charge in [0.15, 0.2) is 0 Å². The second kappa shape index (κ2) is 6.05. The van der Waals surface area contributed by atoms with Gasteiger partial charge in [0.25, 0.3) is 0 Å². The summed E-state index contributed by atoms with van der Waals surface area (Å²) in [6.45, 7) is 2.74. The largest absolute Gasteiger partial charge is 0.342 e. The number of amides is 1. The molecule has 3 saturated carbocycles. The highest BCUT2D eigenvalue weighted by molar-refractivity contribution is 5.77. The lowest BCUT2D eigenvalue weighted by Gasteiger charge is -2.37. The number of hydrogen-bond acceptors (Lipinski definition) is 2. The van der Waals surface area contributed by atoms with E-state index in [1.54, 1.807) is 0 Å². The Labute approximate surface area is 123 Å². The van der Waals surface area contributed by atoms with Crippen LogP contribution in [0.2, 0.25) is 0 Å². The molecule has 3 aliphatic rings. The molecule has 0 heterocycles. The van der Waals surface area contributed by atoms with Gasteiger partial charge in [0.2, 0.25) is 5.91 Å². The van der Waals surface area contributed by atoms with Gasteiger partial charge in [-0.1, -0.05) is 19.3 Å². The third-order valence-corrected chi connectivity index (χ3v) is 5.58. The standard InChI is InChI=1S/C17H30N2O/c18-13-17(8-2-1-3-9-17)10-16(20)19(11-14-4-5-14)12-15-6-7-15/h14-15H,1-13,18H2. The molecule has 0 aromatic rings. The molecule has 0 aliphatic heterocycles. The fourth-order valence-electron chi connectivity index (χ4n) is 3.69. The van der Waals surface area contributed by atoms with Crippen molar-refractivity contribution in [2.24, 2.45) is 23.0 Å². The van der Waals surface area contributed by atoms with Gasteiger partial charge in [-0.2, -0.15) is 0 Å². The fraction of sp³-hybridized carbons (Fsp3) is 0.941. The zero-order valence-electron chi connectivity index (χ0n) is 12.8. The molecule has 3 heteroatoms. The smallest absolute Gasteiger partial charge is 0.223 e. The van der Waals surface area contributed by atoms with E-state index in [9.17, 15) is 4.79 Å². The molecule has 2 N–H and O–H groups in total. The summed E-state index contributed by atoms with van der Waals surface area (Å²) in [6, 6.07) is 0. The van der Waals surface area contributed by atoms with Gasteiger partial charge in [-0.3, -0.25) is 4.79 Å². The highest BCUT2D eigenvalue weighted by atomic mass is 16.2. The van der Waals surface area contributed by atoms with E-state index in [1.807, 2.05) is 0 Å². The maximum atomic E-state index is 12.8. The summed E-state index contributed by atoms with van der Waals surface area (Å²) < 4.78 is 0. The first kappa shape index (κ1) is 14.4. The van der Waals surface area contributed by atoms with Crippen molar-refractivity contribution in [2.45, 2.75) is 64.2 Å². The fourth-order valence-corrected chi connectivity index (χ4v) is 3.69. The summed E-state index contributed by atoms with van der Waals surface area (Å²) in [5.41, 5.74) is 6.17. The van der Waals surface area contributed by atoms with Crippen molar-refractivity contribution in [3.63, 3.8) is 0 Å². The molecule has 0 unspecified atom stereocenters. The number of carbonyl (C=O) groups is 1. The molecule has 3 fully saturated rings. The van der Waals surface area contributed by atoms with Crippen LogP contribution >= 0.6 is 0 Å². The van der Waals surface area contributed by atoms with E-state index >= 15 is 0 Å². The maximum absolute atomic E-state index is 12.8. The number of hydrogen-bond donors (Lipinski definition) is 1. The molecule has 0 aromatic heterocycles. The number of rotatable bonds is 7. The molecular weight excluding hydrogens is 248 g/mol. The predicted molar refractivity (Wildman–Crippen MR) is 81.2 cm³/mol. The van der Waals surface area contributed by atoms with E-state index in [0.717, 1.165) is 37.8 Å². The van der Waals surface area contributed by atoms with Gasteiger partial charge in [0, 0.05) is 19.5 Å². The van der Waals surface area contributed by atoms with Crippen molar-refractivity contribution in [1.82, 2.24) is 4.90 Å². The summed E-state index contributed by atoms with van der Waals surface area (Å²) in [7, 11) is 0. The minimum Gasteiger partial charge on any atom is -0.342 e. The third-order valence-electron chi connectivity index (χ3n) is 5.58. The summed E-state index contributed by atoms with van der Waals surface area (Å²) in [4.78, 5) is 15.0. The Bertz CT molecular complexity index is 327. The lowest BCUT2D eigenvalue weighted by molar-refractivity contribution is -0.134. The second-order valence-corrected chi connectivity index (χ2v) is 7.63. The summed E-state index contributed by atoms with van der Waals surface area (Å²) >= 11 is 0. The van der Waals surface area contributed by atoms with Crippen LogP contribution < -0.4 is 5.73 Å². The lowest BCUT2D eigenvalue weighted by Crippen LogP contribution is -2.42. The first-order valence-electron chi connectivity index (χ1n) is 8.69. The van der Waals surface area contributed by atoms with Gasteiger partial charge in [-0.05, 0) is 62.3 Å². The minimum atomic E-state index is 0.126. The van der Waals surface area contributed by atoms with Crippen LogP contribution in [0.5, 0.6) is 0 Å². The third kappa shape index (κ3) is 3.75. The van der Waals surface area contributed by atoms with E-state index in [2.05, 4.69) is 4.90 Å². The molecule has 3 nitrogen and oxygen atoms in total. The van der Waals surface area contributed by atoms with Gasteiger partial charge in [0.1, 0.15) is 0 Å². The molecule has 0 atom stereocenters. The predicted octanol–water partition coefficient (Wildman–Crippen LogP) is 2.93. The van der Waals surface area contributed by atoms with Crippen LogP contribution in [0.15, 0.2) is 0 Å².